The highest BCUT2D eigenvalue weighted by molar-refractivity contribution is 5.84. The third-order valence-corrected chi connectivity index (χ3v) is 2.69. The zero-order valence-electron chi connectivity index (χ0n) is 9.96. The minimum atomic E-state index is -4.46. The molecule has 11 heteroatoms. The van der Waals surface area contributed by atoms with Gasteiger partial charge in [-0.25, -0.2) is 14.3 Å². The van der Waals surface area contributed by atoms with Crippen LogP contribution in [0.2, 0.25) is 0 Å². The summed E-state index contributed by atoms with van der Waals surface area (Å²) in [5.41, 5.74) is -0.232. The molecule has 0 aliphatic carbocycles. The van der Waals surface area contributed by atoms with Crippen molar-refractivity contribution in [3.05, 3.63) is 11.9 Å². The van der Waals surface area contributed by atoms with Crippen molar-refractivity contribution in [2.24, 2.45) is 0 Å². The number of likely N-dealkylation sites (tertiary alicyclic amines) is 1. The highest BCUT2D eigenvalue weighted by atomic mass is 19.4. The Hall–Kier alpha value is -2.33. The van der Waals surface area contributed by atoms with Gasteiger partial charge in [0.15, 0.2) is 5.69 Å². The van der Waals surface area contributed by atoms with Gasteiger partial charge in [0.2, 0.25) is 0 Å². The van der Waals surface area contributed by atoms with Gasteiger partial charge in [0.05, 0.1) is 12.2 Å². The van der Waals surface area contributed by atoms with Crippen molar-refractivity contribution in [2.75, 3.05) is 19.6 Å². The first-order chi connectivity index (χ1) is 9.26. The highest BCUT2D eigenvalue weighted by Gasteiger charge is 2.35. The van der Waals surface area contributed by atoms with Crippen molar-refractivity contribution in [3.8, 4) is 0 Å². The van der Waals surface area contributed by atoms with Crippen molar-refractivity contribution in [1.29, 1.82) is 0 Å². The molecule has 2 rings (SSSR count). The Balaban J connectivity index is 1.81. The number of carbonyl (C=O) groups is 2. The monoisotopic (exact) mass is 293 g/mol. The number of alkyl halides is 3. The van der Waals surface area contributed by atoms with Crippen molar-refractivity contribution >= 4 is 12.0 Å². The summed E-state index contributed by atoms with van der Waals surface area (Å²) in [5.74, 6) is -1.23. The zero-order chi connectivity index (χ0) is 14.9. The standard InChI is InChI=1S/C9H10F3N5O3/c10-9(11,12)4-13-8(20)16-1-5(2-16)17-3-6(7(18)19)14-15-17/h3,5H,1-2,4H2,(H,13,20)(H,18,19). The quantitative estimate of drug-likeness (QED) is 0.823. The Morgan fingerprint density at radius 1 is 1.45 bits per heavy atom. The topological polar surface area (TPSA) is 100 Å². The Morgan fingerprint density at radius 3 is 2.60 bits per heavy atom. The van der Waals surface area contributed by atoms with E-state index in [0.29, 0.717) is 0 Å². The molecule has 0 bridgehead atoms. The van der Waals surface area contributed by atoms with Crippen LogP contribution < -0.4 is 5.32 Å². The van der Waals surface area contributed by atoms with Gasteiger partial charge in [-0.1, -0.05) is 5.21 Å². The summed E-state index contributed by atoms with van der Waals surface area (Å²) in [6.45, 7) is -1.10. The number of aromatic nitrogens is 3. The minimum absolute atomic E-state index is 0.145. The predicted octanol–water partition coefficient (Wildman–Crippen LogP) is 0.105. The van der Waals surface area contributed by atoms with Crippen LogP contribution in [-0.4, -0.2) is 62.8 Å². The number of rotatable bonds is 3. The lowest BCUT2D eigenvalue weighted by Crippen LogP contribution is -2.55. The zero-order valence-corrected chi connectivity index (χ0v) is 9.96. The fourth-order valence-corrected chi connectivity index (χ4v) is 1.63. The summed E-state index contributed by atoms with van der Waals surface area (Å²) < 4.78 is 37.0. The van der Waals surface area contributed by atoms with Gasteiger partial charge >= 0.3 is 18.2 Å². The second kappa shape index (κ2) is 4.98. The van der Waals surface area contributed by atoms with E-state index in [1.807, 2.05) is 0 Å². The van der Waals surface area contributed by atoms with E-state index in [0.717, 1.165) is 0 Å². The molecule has 1 aliphatic rings. The van der Waals surface area contributed by atoms with E-state index in [1.165, 1.54) is 15.8 Å². The normalized spacial score (nSPS) is 15.8. The van der Waals surface area contributed by atoms with Crippen LogP contribution in [0.25, 0.3) is 0 Å². The SMILES string of the molecule is O=C(O)c1cn(C2CN(C(=O)NCC(F)(F)F)C2)nn1. The Bertz CT molecular complexity index is 523. The summed E-state index contributed by atoms with van der Waals surface area (Å²) in [4.78, 5) is 23.1. The van der Waals surface area contributed by atoms with E-state index in [4.69, 9.17) is 5.11 Å². The van der Waals surface area contributed by atoms with Gasteiger partial charge in [-0.3, -0.25) is 0 Å². The molecule has 20 heavy (non-hydrogen) atoms. The number of hydrogen-bond donors (Lipinski definition) is 2. The molecule has 0 atom stereocenters. The van der Waals surface area contributed by atoms with Crippen molar-refractivity contribution in [1.82, 2.24) is 25.2 Å². The number of carboxylic acids is 1. The smallest absolute Gasteiger partial charge is 0.405 e. The molecule has 0 saturated carbocycles. The van der Waals surface area contributed by atoms with Crippen LogP contribution >= 0.6 is 0 Å². The van der Waals surface area contributed by atoms with E-state index < -0.39 is 24.7 Å². The molecular weight excluding hydrogens is 283 g/mol. The lowest BCUT2D eigenvalue weighted by molar-refractivity contribution is -0.123. The number of carboxylic acid groups (broad SMARTS) is 1. The van der Waals surface area contributed by atoms with Crippen molar-refractivity contribution < 1.29 is 27.9 Å². The predicted molar refractivity (Wildman–Crippen MR) is 57.0 cm³/mol. The first-order valence-electron chi connectivity index (χ1n) is 5.51. The lowest BCUT2D eigenvalue weighted by Gasteiger charge is -2.38. The fraction of sp³-hybridized carbons (Fsp3) is 0.556. The van der Waals surface area contributed by atoms with Gasteiger partial charge in [-0.15, -0.1) is 5.10 Å². The summed E-state index contributed by atoms with van der Waals surface area (Å²) in [7, 11) is 0. The first-order valence-corrected chi connectivity index (χ1v) is 5.51. The van der Waals surface area contributed by atoms with E-state index >= 15 is 0 Å². The number of halogens is 3. The molecule has 1 aromatic rings. The molecule has 1 aromatic heterocycles. The molecule has 2 heterocycles. The van der Waals surface area contributed by atoms with Crippen molar-refractivity contribution in [3.63, 3.8) is 0 Å². The minimum Gasteiger partial charge on any atom is -0.476 e. The number of hydrogen-bond acceptors (Lipinski definition) is 4. The van der Waals surface area contributed by atoms with Gasteiger partial charge in [0.25, 0.3) is 0 Å². The maximum Gasteiger partial charge on any atom is 0.405 e. The molecule has 2 N–H and O–H groups in total. The second-order valence-corrected chi connectivity index (χ2v) is 4.22. The number of amides is 2. The number of carbonyl (C=O) groups excluding carboxylic acids is 1. The van der Waals surface area contributed by atoms with Crippen LogP contribution in [0.1, 0.15) is 16.5 Å². The molecule has 110 valence electrons. The number of aromatic carboxylic acids is 1. The summed E-state index contributed by atoms with van der Waals surface area (Å²) >= 11 is 0. The van der Waals surface area contributed by atoms with E-state index in [2.05, 4.69) is 10.3 Å². The third-order valence-electron chi connectivity index (χ3n) is 2.69. The molecule has 0 unspecified atom stereocenters. The second-order valence-electron chi connectivity index (χ2n) is 4.22. The average molecular weight is 293 g/mol. The largest absolute Gasteiger partial charge is 0.476 e. The molecule has 0 spiro atoms. The van der Waals surface area contributed by atoms with Gasteiger partial charge in [-0.05, 0) is 0 Å². The van der Waals surface area contributed by atoms with Crippen LogP contribution in [0.15, 0.2) is 6.20 Å². The van der Waals surface area contributed by atoms with E-state index in [-0.39, 0.29) is 24.8 Å². The summed E-state index contributed by atoms with van der Waals surface area (Å²) in [5, 5.41) is 17.4. The maximum atomic E-state index is 11.9. The van der Waals surface area contributed by atoms with E-state index in [1.54, 1.807) is 5.32 Å². The molecule has 0 radical (unpaired) electrons. The van der Waals surface area contributed by atoms with Gasteiger partial charge < -0.3 is 15.3 Å². The van der Waals surface area contributed by atoms with Crippen LogP contribution in [0.4, 0.5) is 18.0 Å². The molecular formula is C9H10F3N5O3. The van der Waals surface area contributed by atoms with Crippen LogP contribution in [0.3, 0.4) is 0 Å². The summed E-state index contributed by atoms with van der Waals surface area (Å²) in [6.07, 6.45) is -3.25. The average Bonchev–Trinajstić information content (AvgIpc) is 2.72. The molecule has 1 aliphatic heterocycles. The van der Waals surface area contributed by atoms with Gasteiger partial charge in [0.1, 0.15) is 6.54 Å². The molecule has 0 aromatic carbocycles. The summed E-state index contributed by atoms with van der Waals surface area (Å²) in [6, 6.07) is -1.11. The Kier molecular flexibility index (Phi) is 3.51. The Labute approximate surface area is 110 Å². The van der Waals surface area contributed by atoms with Crippen molar-refractivity contribution in [2.45, 2.75) is 12.2 Å². The molecule has 8 nitrogen and oxygen atoms in total. The number of nitrogens with zero attached hydrogens (tertiary/aromatic N) is 4. The molecule has 1 fully saturated rings. The lowest BCUT2D eigenvalue weighted by atomic mass is 10.1. The first kappa shape index (κ1) is 14.1. The van der Waals surface area contributed by atoms with Gasteiger partial charge in [-0.2, -0.15) is 13.2 Å². The maximum absolute atomic E-state index is 11.9. The Morgan fingerprint density at radius 2 is 2.10 bits per heavy atom. The van der Waals surface area contributed by atoms with Crippen LogP contribution in [0.5, 0.6) is 0 Å². The van der Waals surface area contributed by atoms with Crippen LogP contribution in [-0.2, 0) is 0 Å². The molecule has 2 amide bonds. The number of nitrogens with one attached hydrogen (secondary N) is 1. The van der Waals surface area contributed by atoms with E-state index in [9.17, 15) is 22.8 Å². The highest BCUT2D eigenvalue weighted by Crippen LogP contribution is 2.20. The number of urea groups is 1. The fourth-order valence-electron chi connectivity index (χ4n) is 1.63. The third kappa shape index (κ3) is 3.16. The molecule has 1 saturated heterocycles. The van der Waals surface area contributed by atoms with Gasteiger partial charge in [0, 0.05) is 13.1 Å². The van der Waals surface area contributed by atoms with Crippen LogP contribution in [0, 0.1) is 0 Å².